The third kappa shape index (κ3) is 6.14. The molecular formula is C30H32F3N5O3Si. The molecule has 0 amide bonds. The van der Waals surface area contributed by atoms with Crippen LogP contribution in [0.1, 0.15) is 12.8 Å². The summed E-state index contributed by atoms with van der Waals surface area (Å²) in [5, 5.41) is 3.26. The van der Waals surface area contributed by atoms with E-state index in [0.29, 0.717) is 41.9 Å². The van der Waals surface area contributed by atoms with Gasteiger partial charge in [-0.25, -0.2) is 28.1 Å². The number of amidine groups is 1. The number of aliphatic imine (C=N–C) groups is 1. The van der Waals surface area contributed by atoms with Crippen LogP contribution in [0.3, 0.4) is 0 Å². The summed E-state index contributed by atoms with van der Waals surface area (Å²) in [6, 6.07) is 9.34. The van der Waals surface area contributed by atoms with E-state index in [-0.39, 0.29) is 35.6 Å². The van der Waals surface area contributed by atoms with Crippen molar-refractivity contribution in [1.29, 1.82) is 0 Å². The number of halogens is 3. The zero-order valence-corrected chi connectivity index (χ0v) is 24.7. The molecule has 2 aromatic heterocycles. The lowest BCUT2D eigenvalue weighted by molar-refractivity contribution is 0.0899. The number of nitrogens with zero attached hydrogens (tertiary/aromatic N) is 4. The van der Waals surface area contributed by atoms with Crippen molar-refractivity contribution >= 4 is 30.8 Å². The molecule has 4 aromatic rings. The van der Waals surface area contributed by atoms with E-state index in [0.717, 1.165) is 31.0 Å². The molecule has 1 aliphatic carbocycles. The molecule has 2 aliphatic rings. The van der Waals surface area contributed by atoms with Gasteiger partial charge < -0.3 is 24.1 Å². The van der Waals surface area contributed by atoms with Crippen LogP contribution in [-0.4, -0.2) is 48.4 Å². The number of aromatic nitrogens is 3. The van der Waals surface area contributed by atoms with Gasteiger partial charge >= 0.3 is 0 Å². The first-order valence-electron chi connectivity index (χ1n) is 13.9. The van der Waals surface area contributed by atoms with E-state index in [1.807, 2.05) is 0 Å². The highest BCUT2D eigenvalue weighted by atomic mass is 28.3. The molecule has 3 heterocycles. The molecule has 0 saturated heterocycles. The zero-order chi connectivity index (χ0) is 29.5. The molecule has 6 rings (SSSR count). The second-order valence-electron chi connectivity index (χ2n) is 12.2. The highest BCUT2D eigenvalue weighted by Crippen LogP contribution is 2.47. The van der Waals surface area contributed by atoms with Crippen molar-refractivity contribution in [3.05, 3.63) is 66.4 Å². The van der Waals surface area contributed by atoms with Crippen LogP contribution in [0, 0.1) is 22.9 Å². The summed E-state index contributed by atoms with van der Waals surface area (Å²) in [6.45, 7) is 8.77. The van der Waals surface area contributed by atoms with Crippen LogP contribution in [0.2, 0.25) is 25.7 Å². The molecule has 8 nitrogen and oxygen atoms in total. The summed E-state index contributed by atoms with van der Waals surface area (Å²) in [7, 11) is -1.29. The number of benzene rings is 2. The maximum absolute atomic E-state index is 15.3. The van der Waals surface area contributed by atoms with Crippen LogP contribution in [0.4, 0.5) is 18.9 Å². The molecule has 0 bridgehead atoms. The molecule has 1 saturated carbocycles. The topological polar surface area (TPSA) is 82.8 Å². The van der Waals surface area contributed by atoms with Gasteiger partial charge in [-0.3, -0.25) is 0 Å². The molecular weight excluding hydrogens is 563 g/mol. The number of hydrogen-bond donors (Lipinski definition) is 1. The van der Waals surface area contributed by atoms with Crippen molar-refractivity contribution in [2.75, 3.05) is 25.1 Å². The Balaban J connectivity index is 1.30. The second-order valence-corrected chi connectivity index (χ2v) is 17.8. The minimum atomic E-state index is -1.29. The van der Waals surface area contributed by atoms with Crippen LogP contribution < -0.4 is 10.1 Å². The molecule has 1 spiro atoms. The first kappa shape index (κ1) is 28.2. The van der Waals surface area contributed by atoms with Gasteiger partial charge in [-0.1, -0.05) is 31.8 Å². The van der Waals surface area contributed by atoms with Gasteiger partial charge in [0.1, 0.15) is 24.5 Å². The van der Waals surface area contributed by atoms with Crippen LogP contribution in [0.5, 0.6) is 11.6 Å². The third-order valence-electron chi connectivity index (χ3n) is 7.48. The van der Waals surface area contributed by atoms with E-state index < -0.39 is 25.5 Å². The van der Waals surface area contributed by atoms with E-state index in [1.54, 1.807) is 22.9 Å². The second kappa shape index (κ2) is 11.1. The van der Waals surface area contributed by atoms with Crippen LogP contribution >= 0.6 is 0 Å². The first-order chi connectivity index (χ1) is 20.1. The van der Waals surface area contributed by atoms with Gasteiger partial charge in [0.05, 0.1) is 18.5 Å². The van der Waals surface area contributed by atoms with E-state index in [2.05, 4.69) is 39.9 Å². The summed E-state index contributed by atoms with van der Waals surface area (Å²) >= 11 is 0. The van der Waals surface area contributed by atoms with E-state index in [4.69, 9.17) is 14.2 Å². The number of fused-ring (bicyclic) bond motifs is 1. The lowest BCUT2D eigenvalue weighted by Gasteiger charge is -2.22. The fourth-order valence-electron chi connectivity index (χ4n) is 4.72. The highest BCUT2D eigenvalue weighted by Gasteiger charge is 2.45. The maximum atomic E-state index is 15.3. The van der Waals surface area contributed by atoms with Gasteiger partial charge in [-0.15, -0.1) is 0 Å². The minimum absolute atomic E-state index is 0.0478. The first-order valence-corrected chi connectivity index (χ1v) is 17.6. The van der Waals surface area contributed by atoms with Crippen molar-refractivity contribution in [2.45, 2.75) is 45.3 Å². The molecule has 0 unspecified atom stereocenters. The van der Waals surface area contributed by atoms with Crippen molar-refractivity contribution in [1.82, 2.24) is 14.5 Å². The Labute approximate surface area is 242 Å². The lowest BCUT2D eigenvalue weighted by atomic mass is 10.1. The molecule has 1 fully saturated rings. The number of ether oxygens (including phenoxy) is 3. The SMILES string of the molecule is C[Si](C)(C)CCOCn1cc(-c2ccc(F)cc2)c2c(Oc3c(F)cc(NC4=NCC5(CC5)CO4)cc3F)ncnc21. The third-order valence-corrected chi connectivity index (χ3v) is 9.18. The summed E-state index contributed by atoms with van der Waals surface area (Å²) in [5.41, 5.74) is 1.99. The van der Waals surface area contributed by atoms with Crippen LogP contribution in [0.25, 0.3) is 22.2 Å². The van der Waals surface area contributed by atoms with Gasteiger partial charge in [0.2, 0.25) is 11.6 Å². The Morgan fingerprint density at radius 3 is 2.43 bits per heavy atom. The summed E-state index contributed by atoms with van der Waals surface area (Å²) in [4.78, 5) is 13.0. The van der Waals surface area contributed by atoms with Crippen molar-refractivity contribution in [3.63, 3.8) is 0 Å². The van der Waals surface area contributed by atoms with Crippen molar-refractivity contribution in [3.8, 4) is 22.8 Å². The van der Waals surface area contributed by atoms with E-state index >= 15 is 8.78 Å². The quantitative estimate of drug-likeness (QED) is 0.163. The van der Waals surface area contributed by atoms with Gasteiger partial charge in [0.25, 0.3) is 6.02 Å². The van der Waals surface area contributed by atoms with Gasteiger partial charge in [0, 0.05) is 49.7 Å². The largest absolute Gasteiger partial charge is 0.464 e. The number of rotatable bonds is 9. The minimum Gasteiger partial charge on any atom is -0.464 e. The molecule has 0 radical (unpaired) electrons. The Bertz CT molecular complexity index is 1630. The maximum Gasteiger partial charge on any atom is 0.289 e. The average Bonchev–Trinajstić information content (AvgIpc) is 3.60. The monoisotopic (exact) mass is 595 g/mol. The Morgan fingerprint density at radius 2 is 1.79 bits per heavy atom. The molecule has 1 aliphatic heterocycles. The van der Waals surface area contributed by atoms with Crippen molar-refractivity contribution in [2.24, 2.45) is 10.4 Å². The Hall–Kier alpha value is -3.90. The zero-order valence-electron chi connectivity index (χ0n) is 23.7. The molecule has 42 heavy (non-hydrogen) atoms. The molecule has 0 atom stereocenters. The normalized spacial score (nSPS) is 15.9. The van der Waals surface area contributed by atoms with Gasteiger partial charge in [0.15, 0.2) is 11.6 Å². The number of anilines is 1. The van der Waals surface area contributed by atoms with Crippen molar-refractivity contribution < 1.29 is 27.4 Å². The van der Waals surface area contributed by atoms with E-state index in [9.17, 15) is 4.39 Å². The molecule has 220 valence electrons. The van der Waals surface area contributed by atoms with Gasteiger partial charge in [-0.2, -0.15) is 0 Å². The summed E-state index contributed by atoms with van der Waals surface area (Å²) in [6.07, 6.45) is 5.21. The Morgan fingerprint density at radius 1 is 1.05 bits per heavy atom. The fraction of sp³-hybridized carbons (Fsp3) is 0.367. The van der Waals surface area contributed by atoms with Crippen LogP contribution in [-0.2, 0) is 16.2 Å². The predicted octanol–water partition coefficient (Wildman–Crippen LogP) is 7.20. The Kier molecular flexibility index (Phi) is 7.44. The number of nitrogens with one attached hydrogen (secondary N) is 1. The van der Waals surface area contributed by atoms with Gasteiger partial charge in [-0.05, 0) is 36.6 Å². The molecule has 1 N–H and O–H groups in total. The smallest absolute Gasteiger partial charge is 0.289 e. The summed E-state index contributed by atoms with van der Waals surface area (Å²) in [5.74, 6) is -2.92. The lowest BCUT2D eigenvalue weighted by Crippen LogP contribution is -2.29. The van der Waals surface area contributed by atoms with Crippen LogP contribution in [0.15, 0.2) is 53.9 Å². The standard InChI is InChI=1S/C30H32F3N5O3Si/c1-42(2,3)11-10-39-18-38-14-22(19-4-6-20(31)7-5-19)25-27(38)35-17-36-28(25)41-26-23(32)12-21(13-24(26)33)37-29-34-15-30(8-9-30)16-40-29/h4-7,12-14,17H,8-11,15-16,18H2,1-3H3,(H,34,37). The fourth-order valence-corrected chi connectivity index (χ4v) is 5.47. The predicted molar refractivity (Wildman–Crippen MR) is 157 cm³/mol. The van der Waals surface area contributed by atoms with E-state index in [1.165, 1.54) is 18.5 Å². The number of hydrogen-bond acceptors (Lipinski definition) is 7. The molecule has 2 aromatic carbocycles. The summed E-state index contributed by atoms with van der Waals surface area (Å²) < 4.78 is 63.4. The molecule has 12 heteroatoms. The highest BCUT2D eigenvalue weighted by molar-refractivity contribution is 6.76. The average molecular weight is 596 g/mol.